The highest BCUT2D eigenvalue weighted by Crippen LogP contribution is 2.28. The topological polar surface area (TPSA) is 70.6 Å². The molecular formula is C26H32Cl2FN3O3S. The third-order valence-corrected chi connectivity index (χ3v) is 8.47. The smallest absolute Gasteiger partial charge is 0.243 e. The molecule has 0 saturated carbocycles. The van der Waals surface area contributed by atoms with E-state index in [0.717, 1.165) is 37.7 Å². The van der Waals surface area contributed by atoms with Crippen LogP contribution >= 0.6 is 24.8 Å². The van der Waals surface area contributed by atoms with E-state index in [1.807, 2.05) is 13.1 Å². The van der Waals surface area contributed by atoms with E-state index >= 15 is 0 Å². The van der Waals surface area contributed by atoms with E-state index in [0.29, 0.717) is 41.3 Å². The Labute approximate surface area is 224 Å². The molecule has 2 heterocycles. The van der Waals surface area contributed by atoms with Gasteiger partial charge in [-0.05, 0) is 75.2 Å². The van der Waals surface area contributed by atoms with Crippen molar-refractivity contribution < 1.29 is 17.6 Å². The van der Waals surface area contributed by atoms with Crippen LogP contribution in [0.4, 0.5) is 4.39 Å². The third kappa shape index (κ3) is 7.23. The minimum Gasteiger partial charge on any atom is -0.306 e. The molecule has 196 valence electrons. The van der Waals surface area contributed by atoms with E-state index in [2.05, 4.69) is 9.88 Å². The average molecular weight is 557 g/mol. The normalized spacial score (nSPS) is 14.9. The largest absolute Gasteiger partial charge is 0.306 e. The van der Waals surface area contributed by atoms with E-state index < -0.39 is 10.0 Å². The number of carbonyl (C=O) groups is 1. The standard InChI is InChI=1S/C26H30FN3O3S.2ClH/c1-29(15-3-5-25(31)21-7-9-23(27)10-8-21)19-20-12-16-30(17-13-20)34(32,33)26-6-2-4-22-18-28-14-11-24(22)26;;/h2,4,6-11,14,18,20H,3,5,12-13,15-17,19H2,1H3;2*1H. The zero-order chi connectivity index (χ0) is 24.1. The van der Waals surface area contributed by atoms with E-state index in [9.17, 15) is 17.6 Å². The fourth-order valence-corrected chi connectivity index (χ4v) is 6.29. The molecule has 4 rings (SSSR count). The lowest BCUT2D eigenvalue weighted by Gasteiger charge is -2.33. The number of halogens is 3. The number of aromatic nitrogens is 1. The molecule has 36 heavy (non-hydrogen) atoms. The van der Waals surface area contributed by atoms with Gasteiger partial charge in [-0.2, -0.15) is 4.31 Å². The number of ketones is 1. The Bertz CT molecular complexity index is 1250. The Morgan fingerprint density at radius 1 is 1.08 bits per heavy atom. The molecular weight excluding hydrogens is 524 g/mol. The average Bonchev–Trinajstić information content (AvgIpc) is 2.84. The SMILES string of the molecule is CN(CCCC(=O)c1ccc(F)cc1)CC1CCN(S(=O)(=O)c2cccc3cnccc23)CC1.Cl.Cl. The van der Waals surface area contributed by atoms with E-state index in [4.69, 9.17) is 0 Å². The summed E-state index contributed by atoms with van der Waals surface area (Å²) in [4.78, 5) is 18.9. The van der Waals surface area contributed by atoms with Gasteiger partial charge in [-0.3, -0.25) is 9.78 Å². The molecule has 1 aromatic heterocycles. The molecule has 0 aliphatic carbocycles. The number of sulfonamides is 1. The molecule has 3 aromatic rings. The van der Waals surface area contributed by atoms with Crippen molar-refractivity contribution in [2.75, 3.05) is 33.2 Å². The van der Waals surface area contributed by atoms with Crippen LogP contribution in [0.2, 0.25) is 0 Å². The molecule has 0 N–H and O–H groups in total. The summed E-state index contributed by atoms with van der Waals surface area (Å²) in [6, 6.07) is 12.7. The van der Waals surface area contributed by atoms with Crippen LogP contribution in [-0.2, 0) is 10.0 Å². The Morgan fingerprint density at radius 3 is 2.47 bits per heavy atom. The second kappa shape index (κ2) is 13.4. The van der Waals surface area contributed by atoms with Gasteiger partial charge in [0.05, 0.1) is 4.90 Å². The molecule has 10 heteroatoms. The number of nitrogens with zero attached hydrogens (tertiary/aromatic N) is 3. The molecule has 1 fully saturated rings. The fourth-order valence-electron chi connectivity index (χ4n) is 4.61. The first-order valence-electron chi connectivity index (χ1n) is 11.6. The van der Waals surface area contributed by atoms with Crippen LogP contribution in [0.5, 0.6) is 0 Å². The molecule has 1 saturated heterocycles. The predicted octanol–water partition coefficient (Wildman–Crippen LogP) is 5.21. The lowest BCUT2D eigenvalue weighted by molar-refractivity contribution is 0.0974. The van der Waals surface area contributed by atoms with Crippen molar-refractivity contribution in [1.29, 1.82) is 0 Å². The van der Waals surface area contributed by atoms with Crippen molar-refractivity contribution in [1.82, 2.24) is 14.2 Å². The quantitative estimate of drug-likeness (QED) is 0.339. The van der Waals surface area contributed by atoms with E-state index in [1.165, 1.54) is 24.3 Å². The number of benzene rings is 2. The van der Waals surface area contributed by atoms with Gasteiger partial charge in [0.2, 0.25) is 10.0 Å². The first-order valence-corrected chi connectivity index (χ1v) is 13.1. The highest BCUT2D eigenvalue weighted by molar-refractivity contribution is 7.89. The van der Waals surface area contributed by atoms with Crippen molar-refractivity contribution in [3.63, 3.8) is 0 Å². The van der Waals surface area contributed by atoms with E-state index in [-0.39, 0.29) is 36.4 Å². The molecule has 1 aliphatic heterocycles. The van der Waals surface area contributed by atoms with Crippen molar-refractivity contribution in [2.45, 2.75) is 30.6 Å². The fraction of sp³-hybridized carbons (Fsp3) is 0.385. The highest BCUT2D eigenvalue weighted by Gasteiger charge is 2.30. The van der Waals surface area contributed by atoms with Crippen LogP contribution in [0, 0.1) is 11.7 Å². The highest BCUT2D eigenvalue weighted by atomic mass is 35.5. The van der Waals surface area contributed by atoms with Gasteiger partial charge in [0, 0.05) is 54.8 Å². The summed E-state index contributed by atoms with van der Waals surface area (Å²) < 4.78 is 41.2. The van der Waals surface area contributed by atoms with Gasteiger partial charge in [0.15, 0.2) is 5.78 Å². The first-order chi connectivity index (χ1) is 16.3. The summed E-state index contributed by atoms with van der Waals surface area (Å²) in [5.74, 6) is 0.0988. The number of piperidine rings is 1. The number of fused-ring (bicyclic) bond motifs is 1. The van der Waals surface area contributed by atoms with Crippen LogP contribution < -0.4 is 0 Å². The van der Waals surface area contributed by atoms with Crippen LogP contribution in [-0.4, -0.2) is 61.6 Å². The molecule has 2 aromatic carbocycles. The minimum absolute atomic E-state index is 0. The zero-order valence-electron chi connectivity index (χ0n) is 20.2. The van der Waals surface area contributed by atoms with E-state index in [1.54, 1.807) is 34.9 Å². The molecule has 0 spiro atoms. The zero-order valence-corrected chi connectivity index (χ0v) is 22.6. The van der Waals surface area contributed by atoms with Crippen molar-refractivity contribution >= 4 is 51.4 Å². The maximum Gasteiger partial charge on any atom is 0.243 e. The second-order valence-electron chi connectivity index (χ2n) is 9.00. The summed E-state index contributed by atoms with van der Waals surface area (Å²) >= 11 is 0. The summed E-state index contributed by atoms with van der Waals surface area (Å²) in [6.45, 7) is 2.67. The summed E-state index contributed by atoms with van der Waals surface area (Å²) in [6.07, 6.45) is 6.08. The summed E-state index contributed by atoms with van der Waals surface area (Å²) in [5.41, 5.74) is 0.542. The van der Waals surface area contributed by atoms with Gasteiger partial charge in [0.25, 0.3) is 0 Å². The van der Waals surface area contributed by atoms with Crippen molar-refractivity contribution in [3.8, 4) is 0 Å². The van der Waals surface area contributed by atoms with Crippen molar-refractivity contribution in [3.05, 3.63) is 72.3 Å². The van der Waals surface area contributed by atoms with Gasteiger partial charge in [-0.25, -0.2) is 12.8 Å². The second-order valence-corrected chi connectivity index (χ2v) is 10.9. The van der Waals surface area contributed by atoms with Crippen LogP contribution in [0.25, 0.3) is 10.8 Å². The number of hydrogen-bond acceptors (Lipinski definition) is 5. The summed E-state index contributed by atoms with van der Waals surface area (Å²) in [7, 11) is -1.53. The third-order valence-electron chi connectivity index (χ3n) is 6.51. The Hall–Kier alpha value is -2.10. The van der Waals surface area contributed by atoms with Gasteiger partial charge >= 0.3 is 0 Å². The number of pyridine rings is 1. The van der Waals surface area contributed by atoms with Gasteiger partial charge in [-0.1, -0.05) is 12.1 Å². The number of hydrogen-bond donors (Lipinski definition) is 0. The van der Waals surface area contributed by atoms with Crippen LogP contribution in [0.1, 0.15) is 36.0 Å². The van der Waals surface area contributed by atoms with Gasteiger partial charge in [-0.15, -0.1) is 24.8 Å². The maximum absolute atomic E-state index is 13.3. The molecule has 0 unspecified atom stereocenters. The number of Topliss-reactive ketones (excluding diaryl/α,β-unsaturated/α-hetero) is 1. The Balaban J connectivity index is 0.00000228. The first kappa shape index (κ1) is 30.1. The molecule has 0 atom stereocenters. The summed E-state index contributed by atoms with van der Waals surface area (Å²) in [5, 5.41) is 1.52. The molecule has 0 bridgehead atoms. The van der Waals surface area contributed by atoms with Crippen LogP contribution in [0.15, 0.2) is 65.8 Å². The monoisotopic (exact) mass is 555 g/mol. The maximum atomic E-state index is 13.3. The molecule has 0 radical (unpaired) electrons. The Morgan fingerprint density at radius 2 is 1.78 bits per heavy atom. The van der Waals surface area contributed by atoms with Gasteiger partial charge in [0.1, 0.15) is 5.82 Å². The molecule has 0 amide bonds. The molecule has 1 aliphatic rings. The molecule has 6 nitrogen and oxygen atoms in total. The lowest BCUT2D eigenvalue weighted by atomic mass is 9.97. The minimum atomic E-state index is -3.56. The number of carbonyl (C=O) groups excluding carboxylic acids is 1. The number of rotatable bonds is 9. The Kier molecular flexibility index (Phi) is 11.3. The van der Waals surface area contributed by atoms with Crippen LogP contribution in [0.3, 0.4) is 0 Å². The van der Waals surface area contributed by atoms with Crippen molar-refractivity contribution in [2.24, 2.45) is 5.92 Å². The van der Waals surface area contributed by atoms with Gasteiger partial charge < -0.3 is 4.90 Å². The lowest BCUT2D eigenvalue weighted by Crippen LogP contribution is -2.41. The predicted molar refractivity (Wildman–Crippen MR) is 145 cm³/mol.